The van der Waals surface area contributed by atoms with Crippen LogP contribution in [0.25, 0.3) is 5.52 Å². The first-order valence-electron chi connectivity index (χ1n) is 4.65. The SMILES string of the molecule is O=C(O)c1cccc2c(Br)nc(CCO)n12. The van der Waals surface area contributed by atoms with Crippen LogP contribution in [0.5, 0.6) is 0 Å². The van der Waals surface area contributed by atoms with E-state index in [-0.39, 0.29) is 12.3 Å². The molecule has 2 aromatic rings. The van der Waals surface area contributed by atoms with E-state index in [1.54, 1.807) is 12.1 Å². The first kappa shape index (κ1) is 11.1. The topological polar surface area (TPSA) is 74.8 Å². The van der Waals surface area contributed by atoms with Crippen LogP contribution in [0.1, 0.15) is 16.3 Å². The van der Waals surface area contributed by atoms with Crippen molar-refractivity contribution in [3.05, 3.63) is 34.3 Å². The highest BCUT2D eigenvalue weighted by Crippen LogP contribution is 2.21. The number of carbonyl (C=O) groups is 1. The Morgan fingerprint density at radius 2 is 2.25 bits per heavy atom. The third-order valence-electron chi connectivity index (χ3n) is 2.24. The molecule has 0 unspecified atom stereocenters. The lowest BCUT2D eigenvalue weighted by Gasteiger charge is -2.03. The number of rotatable bonds is 3. The van der Waals surface area contributed by atoms with Crippen LogP contribution >= 0.6 is 15.9 Å². The summed E-state index contributed by atoms with van der Waals surface area (Å²) in [5.74, 6) is -0.489. The fourth-order valence-corrected chi connectivity index (χ4v) is 2.12. The Morgan fingerprint density at radius 1 is 1.50 bits per heavy atom. The number of imidazole rings is 1. The number of aliphatic hydroxyl groups excluding tert-OH is 1. The summed E-state index contributed by atoms with van der Waals surface area (Å²) in [7, 11) is 0. The van der Waals surface area contributed by atoms with Gasteiger partial charge in [0, 0.05) is 6.42 Å². The summed E-state index contributed by atoms with van der Waals surface area (Å²) in [4.78, 5) is 15.2. The van der Waals surface area contributed by atoms with Crippen LogP contribution in [0, 0.1) is 0 Å². The van der Waals surface area contributed by atoms with Gasteiger partial charge in [-0.15, -0.1) is 0 Å². The second-order valence-electron chi connectivity index (χ2n) is 3.23. The van der Waals surface area contributed by atoms with Gasteiger partial charge < -0.3 is 10.2 Å². The molecule has 16 heavy (non-hydrogen) atoms. The fraction of sp³-hybridized carbons (Fsp3) is 0.200. The molecule has 2 heterocycles. The Kier molecular flexibility index (Phi) is 2.93. The van der Waals surface area contributed by atoms with Crippen LogP contribution in [-0.2, 0) is 6.42 Å². The van der Waals surface area contributed by atoms with Gasteiger partial charge in [0.2, 0.25) is 0 Å². The molecular weight excluding hydrogens is 276 g/mol. The van der Waals surface area contributed by atoms with E-state index in [1.165, 1.54) is 10.5 Å². The molecule has 5 nitrogen and oxygen atoms in total. The Morgan fingerprint density at radius 3 is 2.88 bits per heavy atom. The number of aromatic carboxylic acids is 1. The van der Waals surface area contributed by atoms with Gasteiger partial charge in [-0.3, -0.25) is 4.40 Å². The third kappa shape index (κ3) is 1.70. The highest BCUT2D eigenvalue weighted by Gasteiger charge is 2.15. The van der Waals surface area contributed by atoms with Gasteiger partial charge in [-0.05, 0) is 28.1 Å². The van der Waals surface area contributed by atoms with Crippen molar-refractivity contribution in [2.45, 2.75) is 6.42 Å². The van der Waals surface area contributed by atoms with Crippen LogP contribution < -0.4 is 0 Å². The first-order chi connectivity index (χ1) is 7.65. The number of aliphatic hydroxyl groups is 1. The number of halogens is 1. The van der Waals surface area contributed by atoms with Crippen molar-refractivity contribution in [3.8, 4) is 0 Å². The molecule has 0 atom stereocenters. The van der Waals surface area contributed by atoms with Crippen LogP contribution in [-0.4, -0.2) is 32.2 Å². The standard InChI is InChI=1S/C10H9BrN2O3/c11-9-6-2-1-3-7(10(15)16)13(6)8(12-9)4-5-14/h1-3,14H,4-5H2,(H,15,16). The van der Waals surface area contributed by atoms with Gasteiger partial charge in [-0.25, -0.2) is 9.78 Å². The Balaban J connectivity index is 2.77. The molecule has 0 aliphatic carbocycles. The molecule has 2 rings (SSSR count). The van der Waals surface area contributed by atoms with E-state index < -0.39 is 5.97 Å². The lowest BCUT2D eigenvalue weighted by molar-refractivity contribution is 0.0688. The van der Waals surface area contributed by atoms with Gasteiger partial charge >= 0.3 is 5.97 Å². The minimum Gasteiger partial charge on any atom is -0.477 e. The van der Waals surface area contributed by atoms with Crippen LogP contribution in [0.15, 0.2) is 22.8 Å². The predicted molar refractivity (Wildman–Crippen MR) is 60.6 cm³/mol. The molecule has 0 spiro atoms. The highest BCUT2D eigenvalue weighted by atomic mass is 79.9. The maximum absolute atomic E-state index is 11.1. The van der Waals surface area contributed by atoms with Gasteiger partial charge in [-0.2, -0.15) is 0 Å². The highest BCUT2D eigenvalue weighted by molar-refractivity contribution is 9.10. The average molecular weight is 285 g/mol. The van der Waals surface area contributed by atoms with Gasteiger partial charge in [0.05, 0.1) is 12.1 Å². The lowest BCUT2D eigenvalue weighted by atomic mass is 10.3. The van der Waals surface area contributed by atoms with Crippen LogP contribution in [0.4, 0.5) is 0 Å². The van der Waals surface area contributed by atoms with Crippen molar-refractivity contribution in [1.29, 1.82) is 0 Å². The van der Waals surface area contributed by atoms with E-state index in [9.17, 15) is 4.79 Å². The normalized spacial score (nSPS) is 10.9. The summed E-state index contributed by atoms with van der Waals surface area (Å²) in [6.07, 6.45) is 0.317. The molecule has 6 heteroatoms. The van der Waals surface area contributed by atoms with Gasteiger partial charge in [0.1, 0.15) is 16.1 Å². The number of fused-ring (bicyclic) bond motifs is 1. The summed E-state index contributed by atoms with van der Waals surface area (Å²) in [5, 5.41) is 18.0. The minimum absolute atomic E-state index is 0.0699. The van der Waals surface area contributed by atoms with E-state index in [0.29, 0.717) is 22.4 Å². The zero-order chi connectivity index (χ0) is 11.7. The molecule has 0 aromatic carbocycles. The van der Waals surface area contributed by atoms with Crippen LogP contribution in [0.3, 0.4) is 0 Å². The maximum Gasteiger partial charge on any atom is 0.352 e. The van der Waals surface area contributed by atoms with Crippen molar-refractivity contribution in [3.63, 3.8) is 0 Å². The minimum atomic E-state index is -1.02. The zero-order valence-electron chi connectivity index (χ0n) is 8.22. The summed E-state index contributed by atoms with van der Waals surface area (Å²) < 4.78 is 2.11. The second-order valence-corrected chi connectivity index (χ2v) is 3.98. The summed E-state index contributed by atoms with van der Waals surface area (Å²) in [5.41, 5.74) is 0.822. The third-order valence-corrected chi connectivity index (χ3v) is 2.82. The molecule has 0 fully saturated rings. The van der Waals surface area contributed by atoms with Crippen molar-refractivity contribution in [1.82, 2.24) is 9.38 Å². The fourth-order valence-electron chi connectivity index (χ4n) is 1.60. The van der Waals surface area contributed by atoms with Gasteiger partial charge in [0.15, 0.2) is 0 Å². The van der Waals surface area contributed by atoms with Crippen molar-refractivity contribution >= 4 is 27.4 Å². The largest absolute Gasteiger partial charge is 0.477 e. The number of carboxylic acid groups (broad SMARTS) is 1. The molecule has 2 aromatic heterocycles. The zero-order valence-corrected chi connectivity index (χ0v) is 9.81. The Hall–Kier alpha value is -1.40. The Labute approximate surface area is 99.5 Å². The smallest absolute Gasteiger partial charge is 0.352 e. The molecule has 0 radical (unpaired) electrons. The molecule has 0 saturated carbocycles. The molecule has 0 saturated heterocycles. The molecule has 0 aliphatic heterocycles. The summed E-state index contributed by atoms with van der Waals surface area (Å²) >= 11 is 3.26. The van der Waals surface area contributed by atoms with Crippen LogP contribution in [0.2, 0.25) is 0 Å². The first-order valence-corrected chi connectivity index (χ1v) is 5.44. The van der Waals surface area contributed by atoms with E-state index in [1.807, 2.05) is 0 Å². The van der Waals surface area contributed by atoms with E-state index in [4.69, 9.17) is 10.2 Å². The van der Waals surface area contributed by atoms with Crippen molar-refractivity contribution in [2.24, 2.45) is 0 Å². The molecule has 0 amide bonds. The number of carboxylic acids is 1. The van der Waals surface area contributed by atoms with Crippen molar-refractivity contribution in [2.75, 3.05) is 6.61 Å². The molecular formula is C10H9BrN2O3. The monoisotopic (exact) mass is 284 g/mol. The number of nitrogens with zero attached hydrogens (tertiary/aromatic N) is 2. The number of pyridine rings is 1. The van der Waals surface area contributed by atoms with E-state index in [2.05, 4.69) is 20.9 Å². The number of hydrogen-bond acceptors (Lipinski definition) is 3. The lowest BCUT2D eigenvalue weighted by Crippen LogP contribution is -2.08. The summed E-state index contributed by atoms with van der Waals surface area (Å²) in [6.45, 7) is -0.0699. The van der Waals surface area contributed by atoms with Gasteiger partial charge in [0.25, 0.3) is 0 Å². The Bertz CT molecular complexity index is 550. The summed E-state index contributed by atoms with van der Waals surface area (Å²) in [6, 6.07) is 4.93. The molecule has 2 N–H and O–H groups in total. The predicted octanol–water partition coefficient (Wildman–Crippen LogP) is 1.33. The van der Waals surface area contributed by atoms with Gasteiger partial charge in [-0.1, -0.05) is 6.07 Å². The molecule has 0 bridgehead atoms. The quantitative estimate of drug-likeness (QED) is 0.892. The van der Waals surface area contributed by atoms with E-state index in [0.717, 1.165) is 0 Å². The second kappa shape index (κ2) is 4.23. The van der Waals surface area contributed by atoms with E-state index >= 15 is 0 Å². The average Bonchev–Trinajstić information content (AvgIpc) is 2.57. The molecule has 0 aliphatic rings. The maximum atomic E-state index is 11.1. The number of aromatic nitrogens is 2. The molecule has 84 valence electrons. The van der Waals surface area contributed by atoms with Crippen molar-refractivity contribution < 1.29 is 15.0 Å². The number of hydrogen-bond donors (Lipinski definition) is 2.